The maximum absolute atomic E-state index is 13.7. The number of benzene rings is 1. The molecule has 0 heterocycles. The third-order valence-corrected chi connectivity index (χ3v) is 3.84. The Hall–Kier alpha value is -1.10. The molecule has 0 radical (unpaired) electrons. The van der Waals surface area contributed by atoms with Crippen LogP contribution in [0.4, 0.5) is 8.78 Å². The van der Waals surface area contributed by atoms with E-state index >= 15 is 0 Å². The molecule has 19 heavy (non-hydrogen) atoms. The summed E-state index contributed by atoms with van der Waals surface area (Å²) in [7, 11) is -1.44. The topological polar surface area (TPSA) is 29.4 Å². The first-order valence-corrected chi connectivity index (χ1v) is 7.18. The molecule has 0 unspecified atom stereocenters. The second-order valence-corrected chi connectivity index (χ2v) is 7.58. The first-order chi connectivity index (χ1) is 8.62. The Kier molecular flexibility index (Phi) is 4.96. The zero-order valence-corrected chi connectivity index (χ0v) is 12.6. The summed E-state index contributed by atoms with van der Waals surface area (Å²) in [6.07, 6.45) is 1.25. The van der Waals surface area contributed by atoms with Crippen LogP contribution in [0, 0.1) is 11.6 Å². The third kappa shape index (κ3) is 4.20. The Morgan fingerprint density at radius 1 is 1.21 bits per heavy atom. The first-order valence-electron chi connectivity index (χ1n) is 6.08. The van der Waals surface area contributed by atoms with Gasteiger partial charge in [-0.25, -0.2) is 13.0 Å². The van der Waals surface area contributed by atoms with Crippen molar-refractivity contribution >= 4 is 17.2 Å². The summed E-state index contributed by atoms with van der Waals surface area (Å²) in [6, 6.07) is 2.42. The number of nitrogens with zero attached hydrogens (tertiary/aromatic N) is 1. The molecule has 0 saturated heterocycles. The Balaban J connectivity index is 3.06. The monoisotopic (exact) mass is 287 g/mol. The van der Waals surface area contributed by atoms with Crippen molar-refractivity contribution in [1.29, 1.82) is 0 Å². The molecule has 106 valence electrons. The highest BCUT2D eigenvalue weighted by molar-refractivity contribution is 7.85. The minimum absolute atomic E-state index is 0.0640. The standard InChI is InChI=1S/C14H19F2NOS/c1-9(2)13-11(15)6-10(7-12(13)16)8-17-19(18)14(3,4)5/h6-9H,1-5H3/t19-/m1/s1. The lowest BCUT2D eigenvalue weighted by atomic mass is 10.0. The molecular weight excluding hydrogens is 268 g/mol. The van der Waals surface area contributed by atoms with Gasteiger partial charge in [-0.05, 0) is 44.4 Å². The Labute approximate surface area is 115 Å². The predicted molar refractivity (Wildman–Crippen MR) is 75.9 cm³/mol. The number of rotatable bonds is 3. The van der Waals surface area contributed by atoms with Gasteiger partial charge in [0.25, 0.3) is 0 Å². The normalized spacial score (nSPS) is 14.3. The zero-order chi connectivity index (χ0) is 14.8. The van der Waals surface area contributed by atoms with Crippen molar-refractivity contribution in [2.75, 3.05) is 0 Å². The molecule has 0 amide bonds. The summed E-state index contributed by atoms with van der Waals surface area (Å²) in [4.78, 5) is 0. The lowest BCUT2D eigenvalue weighted by Gasteiger charge is -2.13. The van der Waals surface area contributed by atoms with E-state index in [1.165, 1.54) is 18.3 Å². The average molecular weight is 287 g/mol. The molecule has 2 nitrogen and oxygen atoms in total. The van der Waals surface area contributed by atoms with Gasteiger partial charge in [0.15, 0.2) is 0 Å². The van der Waals surface area contributed by atoms with Crippen LogP contribution in [0.5, 0.6) is 0 Å². The molecule has 0 aromatic heterocycles. The van der Waals surface area contributed by atoms with E-state index in [2.05, 4.69) is 4.40 Å². The molecule has 0 N–H and O–H groups in total. The van der Waals surface area contributed by atoms with Crippen molar-refractivity contribution in [2.24, 2.45) is 4.40 Å². The van der Waals surface area contributed by atoms with Gasteiger partial charge in [0.2, 0.25) is 0 Å². The van der Waals surface area contributed by atoms with Gasteiger partial charge in [-0.1, -0.05) is 13.8 Å². The maximum Gasteiger partial charge on any atom is 0.144 e. The summed E-state index contributed by atoms with van der Waals surface area (Å²) < 4.78 is 42.5. The second-order valence-electron chi connectivity index (χ2n) is 5.65. The van der Waals surface area contributed by atoms with E-state index in [4.69, 9.17) is 0 Å². The van der Waals surface area contributed by atoms with Crippen LogP contribution in [0.2, 0.25) is 0 Å². The predicted octanol–water partition coefficient (Wildman–Crippen LogP) is 3.97. The number of halogens is 2. The molecular formula is C14H19F2NOS. The summed E-state index contributed by atoms with van der Waals surface area (Å²) in [5.74, 6) is -1.43. The smallest absolute Gasteiger partial charge is 0.144 e. The number of hydrogen-bond acceptors (Lipinski definition) is 1. The molecule has 5 heteroatoms. The van der Waals surface area contributed by atoms with Crippen molar-refractivity contribution in [3.05, 3.63) is 34.9 Å². The molecule has 0 spiro atoms. The lowest BCUT2D eigenvalue weighted by molar-refractivity contribution is 0.541. The van der Waals surface area contributed by atoms with Gasteiger partial charge >= 0.3 is 0 Å². The van der Waals surface area contributed by atoms with Crippen molar-refractivity contribution < 1.29 is 13.0 Å². The highest BCUT2D eigenvalue weighted by atomic mass is 32.2. The van der Waals surface area contributed by atoms with Gasteiger partial charge in [0.1, 0.15) is 22.6 Å². The average Bonchev–Trinajstić information content (AvgIpc) is 2.22. The third-order valence-electron chi connectivity index (χ3n) is 2.50. The van der Waals surface area contributed by atoms with Gasteiger partial charge < -0.3 is 0 Å². The number of hydrogen-bond donors (Lipinski definition) is 0. The van der Waals surface area contributed by atoms with Crippen LogP contribution in [0.15, 0.2) is 16.5 Å². The van der Waals surface area contributed by atoms with Crippen LogP contribution in [0.25, 0.3) is 0 Å². The van der Waals surface area contributed by atoms with Crippen molar-refractivity contribution in [3.63, 3.8) is 0 Å². The minimum atomic E-state index is -1.44. The SMILES string of the molecule is CC(C)c1c(F)cc(C=N[S@](=O)C(C)(C)C)cc1F. The summed E-state index contributed by atoms with van der Waals surface area (Å²) in [5, 5.41) is 0. The molecule has 1 atom stereocenters. The maximum atomic E-state index is 13.7. The van der Waals surface area contributed by atoms with Crippen molar-refractivity contribution in [2.45, 2.75) is 45.3 Å². The van der Waals surface area contributed by atoms with E-state index in [9.17, 15) is 13.0 Å². The fourth-order valence-electron chi connectivity index (χ4n) is 1.50. The van der Waals surface area contributed by atoms with Gasteiger partial charge in [0.05, 0.1) is 4.75 Å². The highest BCUT2D eigenvalue weighted by Gasteiger charge is 2.18. The van der Waals surface area contributed by atoms with E-state index in [0.717, 1.165) is 0 Å². The largest absolute Gasteiger partial charge is 0.234 e. The fraction of sp³-hybridized carbons (Fsp3) is 0.500. The molecule has 1 rings (SSSR count). The molecule has 1 aromatic carbocycles. The van der Waals surface area contributed by atoms with Crippen molar-refractivity contribution in [1.82, 2.24) is 0 Å². The van der Waals surface area contributed by atoms with Crippen LogP contribution >= 0.6 is 0 Å². The summed E-state index contributed by atoms with van der Waals surface area (Å²) in [6.45, 7) is 8.80. The Bertz CT molecular complexity index is 496. The summed E-state index contributed by atoms with van der Waals surface area (Å²) in [5.41, 5.74) is 0.339. The van der Waals surface area contributed by atoms with Gasteiger partial charge in [0, 0.05) is 11.8 Å². The van der Waals surface area contributed by atoms with Crippen LogP contribution in [0.1, 0.15) is 51.7 Å². The molecule has 0 aliphatic heterocycles. The van der Waals surface area contributed by atoms with Crippen LogP contribution in [-0.4, -0.2) is 15.2 Å². The fourth-order valence-corrected chi connectivity index (χ4v) is 2.03. The molecule has 0 bridgehead atoms. The minimum Gasteiger partial charge on any atom is -0.234 e. The Morgan fingerprint density at radius 2 is 1.68 bits per heavy atom. The van der Waals surface area contributed by atoms with Crippen LogP contribution in [-0.2, 0) is 11.0 Å². The quantitative estimate of drug-likeness (QED) is 0.773. The van der Waals surface area contributed by atoms with Crippen LogP contribution < -0.4 is 0 Å². The van der Waals surface area contributed by atoms with Gasteiger partial charge in [-0.2, -0.15) is 4.40 Å². The molecule has 0 fully saturated rings. The molecule has 0 aliphatic rings. The van der Waals surface area contributed by atoms with E-state index < -0.39 is 27.4 Å². The molecule has 0 saturated carbocycles. The van der Waals surface area contributed by atoms with E-state index in [1.54, 1.807) is 34.6 Å². The second kappa shape index (κ2) is 5.90. The Morgan fingerprint density at radius 3 is 2.05 bits per heavy atom. The molecule has 0 aliphatic carbocycles. The zero-order valence-electron chi connectivity index (χ0n) is 11.8. The first kappa shape index (κ1) is 16.0. The lowest BCUT2D eigenvalue weighted by Crippen LogP contribution is -2.19. The molecule has 1 aromatic rings. The van der Waals surface area contributed by atoms with E-state index in [0.29, 0.717) is 0 Å². The summed E-state index contributed by atoms with van der Waals surface area (Å²) >= 11 is 0. The van der Waals surface area contributed by atoms with Gasteiger partial charge in [-0.3, -0.25) is 0 Å². The van der Waals surface area contributed by atoms with Crippen molar-refractivity contribution in [3.8, 4) is 0 Å². The van der Waals surface area contributed by atoms with E-state index in [-0.39, 0.29) is 17.0 Å². The van der Waals surface area contributed by atoms with E-state index in [1.807, 2.05) is 0 Å². The van der Waals surface area contributed by atoms with Gasteiger partial charge in [-0.15, -0.1) is 0 Å². The highest BCUT2D eigenvalue weighted by Crippen LogP contribution is 2.23. The van der Waals surface area contributed by atoms with Crippen LogP contribution in [0.3, 0.4) is 0 Å².